The van der Waals surface area contributed by atoms with Gasteiger partial charge in [0.05, 0.1) is 11.4 Å². The first-order valence-corrected chi connectivity index (χ1v) is 11.5. The van der Waals surface area contributed by atoms with Crippen molar-refractivity contribution in [2.75, 3.05) is 0 Å². The minimum Gasteiger partial charge on any atom is -0.550 e. The average Bonchev–Trinajstić information content (AvgIpc) is 2.84. The number of nitrogens with zero attached hydrogens (tertiary/aromatic N) is 2. The number of carboxylic acid groups (broad SMARTS) is 2. The van der Waals surface area contributed by atoms with Gasteiger partial charge in [-0.05, 0) is 74.9 Å². The van der Waals surface area contributed by atoms with Crippen molar-refractivity contribution in [2.24, 2.45) is 9.98 Å². The molecule has 0 saturated heterocycles. The van der Waals surface area contributed by atoms with E-state index >= 15 is 0 Å². The van der Waals surface area contributed by atoms with E-state index in [0.29, 0.717) is 22.5 Å². The zero-order valence-corrected chi connectivity index (χ0v) is 22.9. The molecule has 4 aromatic rings. The van der Waals surface area contributed by atoms with Crippen molar-refractivity contribution in [2.45, 2.75) is 27.7 Å². The zero-order valence-electron chi connectivity index (χ0n) is 21.8. The Morgan fingerprint density at radius 1 is 0.667 bits per heavy atom. The SMILES string of the molecule is CC(=O)[O-].CC(=O)[O-].Cc1ccc(O)c(C=Nc2cc3ccccc3cc2N=Cc2cc(C)ccc2O)c1.[Co+2]. The Bertz CT molecular complexity index is 1380. The molecular weight excluding hydrogens is 543 g/mol. The summed E-state index contributed by atoms with van der Waals surface area (Å²) in [6.07, 6.45) is 3.30. The number of carbonyl (C=O) groups is 2. The minimum atomic E-state index is -1.08. The number of aliphatic carboxylic acids is 2. The number of aliphatic imine (C=N–C) groups is 2. The number of fused-ring (bicyclic) bond motifs is 1. The first-order valence-electron chi connectivity index (χ1n) is 11.5. The van der Waals surface area contributed by atoms with E-state index < -0.39 is 11.9 Å². The number of carboxylic acids is 2. The third-order valence-electron chi connectivity index (χ3n) is 4.89. The van der Waals surface area contributed by atoms with E-state index in [1.54, 1.807) is 24.6 Å². The number of aryl methyl sites for hydroxylation is 2. The molecule has 4 rings (SSSR count). The fraction of sp³-hybridized carbons (Fsp3) is 0.133. The summed E-state index contributed by atoms with van der Waals surface area (Å²) in [5.41, 5.74) is 4.74. The molecule has 2 N–H and O–H groups in total. The molecule has 0 aliphatic carbocycles. The van der Waals surface area contributed by atoms with Crippen molar-refractivity contribution in [1.29, 1.82) is 0 Å². The minimum absolute atomic E-state index is 0. The molecule has 0 aliphatic heterocycles. The van der Waals surface area contributed by atoms with Crippen LogP contribution in [0.15, 0.2) is 82.8 Å². The standard InChI is InChI=1S/C26H22N2O2.2C2H4O2.Co/c1-17-7-9-25(29)21(11-17)15-27-23-13-19-5-3-4-6-20(19)14-24(23)28-16-22-12-18(2)8-10-26(22)30;2*1-2(3)4;/h3-16,29-30H,1-2H3;2*1H3,(H,3,4);/q;;;+2/p-2. The van der Waals surface area contributed by atoms with Crippen LogP contribution in [0.4, 0.5) is 11.4 Å². The summed E-state index contributed by atoms with van der Waals surface area (Å²) in [6.45, 7) is 5.88. The molecule has 203 valence electrons. The van der Waals surface area contributed by atoms with Gasteiger partial charge in [-0.2, -0.15) is 0 Å². The van der Waals surface area contributed by atoms with Crippen LogP contribution in [0.5, 0.6) is 11.5 Å². The molecule has 0 amide bonds. The summed E-state index contributed by atoms with van der Waals surface area (Å²) in [6, 6.07) is 22.8. The number of phenolic OH excluding ortho intramolecular Hbond substituents is 2. The number of benzene rings is 4. The fourth-order valence-electron chi connectivity index (χ4n) is 3.26. The van der Waals surface area contributed by atoms with Crippen LogP contribution in [-0.2, 0) is 26.4 Å². The number of hydrogen-bond donors (Lipinski definition) is 2. The normalized spacial score (nSPS) is 10.3. The van der Waals surface area contributed by atoms with E-state index in [9.17, 15) is 10.2 Å². The van der Waals surface area contributed by atoms with Crippen molar-refractivity contribution in [3.8, 4) is 11.5 Å². The largest absolute Gasteiger partial charge is 2.00 e. The van der Waals surface area contributed by atoms with Crippen LogP contribution in [0.25, 0.3) is 10.8 Å². The first-order chi connectivity index (χ1) is 18.0. The predicted octanol–water partition coefficient (Wildman–Crippen LogP) is 3.88. The van der Waals surface area contributed by atoms with Crippen molar-refractivity contribution in [3.05, 3.63) is 95.1 Å². The number of aromatic hydroxyl groups is 2. The molecule has 0 atom stereocenters. The number of rotatable bonds is 4. The van der Waals surface area contributed by atoms with Gasteiger partial charge in [-0.25, -0.2) is 0 Å². The Morgan fingerprint density at radius 3 is 1.33 bits per heavy atom. The van der Waals surface area contributed by atoms with Crippen molar-refractivity contribution in [3.63, 3.8) is 0 Å². The van der Waals surface area contributed by atoms with Crippen LogP contribution in [0.3, 0.4) is 0 Å². The molecule has 0 fully saturated rings. The summed E-state index contributed by atoms with van der Waals surface area (Å²) < 4.78 is 0. The molecule has 0 heterocycles. The monoisotopic (exact) mass is 571 g/mol. The molecule has 0 spiro atoms. The average molecular weight is 571 g/mol. The number of phenols is 2. The van der Waals surface area contributed by atoms with Gasteiger partial charge in [0.25, 0.3) is 0 Å². The molecular formula is C30H28CoN2O6. The van der Waals surface area contributed by atoms with E-state index in [0.717, 1.165) is 35.7 Å². The Labute approximate surface area is 237 Å². The Hall–Kier alpha value is -4.47. The van der Waals surface area contributed by atoms with Crippen LogP contribution in [0.2, 0.25) is 0 Å². The second-order valence-electron chi connectivity index (χ2n) is 8.31. The van der Waals surface area contributed by atoms with Crippen LogP contribution in [-0.4, -0.2) is 34.6 Å². The Balaban J connectivity index is 0.000000748. The summed E-state index contributed by atoms with van der Waals surface area (Å²) in [7, 11) is 0. The van der Waals surface area contributed by atoms with E-state index in [1.807, 2.05) is 74.5 Å². The maximum atomic E-state index is 10.1. The molecule has 0 saturated carbocycles. The Morgan fingerprint density at radius 2 is 1.00 bits per heavy atom. The van der Waals surface area contributed by atoms with E-state index in [1.165, 1.54) is 0 Å². The van der Waals surface area contributed by atoms with Gasteiger partial charge in [0.1, 0.15) is 11.5 Å². The zero-order chi connectivity index (χ0) is 28.2. The molecule has 0 aromatic heterocycles. The summed E-state index contributed by atoms with van der Waals surface area (Å²) in [5, 5.41) is 40.1. The molecule has 9 heteroatoms. The van der Waals surface area contributed by atoms with Crippen LogP contribution < -0.4 is 10.2 Å². The summed E-state index contributed by atoms with van der Waals surface area (Å²) in [5.74, 6) is -1.81. The van der Waals surface area contributed by atoms with E-state index in [2.05, 4.69) is 9.98 Å². The van der Waals surface area contributed by atoms with Crippen LogP contribution >= 0.6 is 0 Å². The van der Waals surface area contributed by atoms with Gasteiger partial charge in [-0.1, -0.05) is 47.5 Å². The summed E-state index contributed by atoms with van der Waals surface area (Å²) in [4.78, 5) is 27.0. The molecule has 4 aromatic carbocycles. The van der Waals surface area contributed by atoms with Crippen molar-refractivity contribution in [1.82, 2.24) is 0 Å². The van der Waals surface area contributed by atoms with Crippen LogP contribution in [0.1, 0.15) is 36.1 Å². The molecule has 8 nitrogen and oxygen atoms in total. The van der Waals surface area contributed by atoms with Gasteiger partial charge in [0.2, 0.25) is 0 Å². The van der Waals surface area contributed by atoms with Gasteiger partial charge in [-0.3, -0.25) is 9.98 Å². The maximum absolute atomic E-state index is 10.1. The molecule has 39 heavy (non-hydrogen) atoms. The van der Waals surface area contributed by atoms with E-state index in [4.69, 9.17) is 19.8 Å². The van der Waals surface area contributed by atoms with Gasteiger partial charge in [0, 0.05) is 35.5 Å². The second-order valence-corrected chi connectivity index (χ2v) is 8.31. The van der Waals surface area contributed by atoms with Gasteiger partial charge < -0.3 is 30.0 Å². The third-order valence-corrected chi connectivity index (χ3v) is 4.89. The Kier molecular flexibility index (Phi) is 13.1. The molecule has 0 unspecified atom stereocenters. The van der Waals surface area contributed by atoms with Gasteiger partial charge in [0.15, 0.2) is 0 Å². The molecule has 0 aliphatic rings. The quantitative estimate of drug-likeness (QED) is 0.356. The smallest absolute Gasteiger partial charge is 0.550 e. The predicted molar refractivity (Wildman–Crippen MR) is 146 cm³/mol. The van der Waals surface area contributed by atoms with Crippen molar-refractivity contribution < 1.29 is 46.8 Å². The number of hydrogen-bond acceptors (Lipinski definition) is 8. The van der Waals surface area contributed by atoms with Crippen LogP contribution in [0, 0.1) is 13.8 Å². The van der Waals surface area contributed by atoms with E-state index in [-0.39, 0.29) is 28.3 Å². The molecule has 1 radical (unpaired) electrons. The number of carbonyl (C=O) groups excluding carboxylic acids is 2. The maximum Gasteiger partial charge on any atom is 2.00 e. The fourth-order valence-corrected chi connectivity index (χ4v) is 3.26. The first kappa shape index (κ1) is 32.6. The third kappa shape index (κ3) is 11.2. The second kappa shape index (κ2) is 15.7. The van der Waals surface area contributed by atoms with Gasteiger partial charge >= 0.3 is 16.8 Å². The molecule has 0 bridgehead atoms. The topological polar surface area (TPSA) is 145 Å². The van der Waals surface area contributed by atoms with Crippen molar-refractivity contribution >= 4 is 46.5 Å². The summed E-state index contributed by atoms with van der Waals surface area (Å²) >= 11 is 0. The van der Waals surface area contributed by atoms with Gasteiger partial charge in [-0.15, -0.1) is 0 Å².